The maximum absolute atomic E-state index is 13.0. The second-order valence-corrected chi connectivity index (χ2v) is 7.50. The fourth-order valence-electron chi connectivity index (χ4n) is 3.34. The van der Waals surface area contributed by atoms with E-state index < -0.39 is 29.7 Å². The Balaban J connectivity index is 2.19. The van der Waals surface area contributed by atoms with Gasteiger partial charge in [-0.15, -0.1) is 0 Å². The number of hydrogen-bond acceptors (Lipinski definition) is 6. The highest BCUT2D eigenvalue weighted by Gasteiger charge is 2.45. The molecule has 0 radical (unpaired) electrons. The van der Waals surface area contributed by atoms with Crippen molar-refractivity contribution in [3.05, 3.63) is 0 Å². The lowest BCUT2D eigenvalue weighted by molar-refractivity contribution is -0.154. The standard InChI is InChI=1S/C17H26N2O6/c1-17(2,3)25-16(23)18-12-7-6-11(20)9-10-5-8-13(15(22)24-4)19(10)14(12)21/h10,12-13H,5-9H2,1-4H3,(H,18,23). The number of alkyl carbamates (subject to hydrolysis) is 1. The van der Waals surface area contributed by atoms with E-state index in [-0.39, 0.29) is 37.0 Å². The van der Waals surface area contributed by atoms with Crippen molar-refractivity contribution in [1.82, 2.24) is 10.2 Å². The molecule has 8 heteroatoms. The molecular weight excluding hydrogens is 328 g/mol. The maximum atomic E-state index is 13.0. The maximum Gasteiger partial charge on any atom is 0.408 e. The van der Waals surface area contributed by atoms with E-state index in [0.29, 0.717) is 12.8 Å². The van der Waals surface area contributed by atoms with Gasteiger partial charge in [0.05, 0.1) is 7.11 Å². The molecule has 2 aliphatic rings. The molecule has 2 saturated heterocycles. The van der Waals surface area contributed by atoms with Crippen LogP contribution in [-0.2, 0) is 23.9 Å². The minimum absolute atomic E-state index is 0.0176. The first-order chi connectivity index (χ1) is 11.6. The minimum atomic E-state index is -0.896. The Hall–Kier alpha value is -2.12. The summed E-state index contributed by atoms with van der Waals surface area (Å²) in [6.07, 6.45) is 0.932. The average molecular weight is 354 g/mol. The predicted molar refractivity (Wildman–Crippen MR) is 87.7 cm³/mol. The molecule has 0 saturated carbocycles. The zero-order valence-corrected chi connectivity index (χ0v) is 15.2. The number of nitrogens with zero attached hydrogens (tertiary/aromatic N) is 1. The van der Waals surface area contributed by atoms with Crippen LogP contribution >= 0.6 is 0 Å². The number of esters is 1. The first kappa shape index (κ1) is 19.2. The van der Waals surface area contributed by atoms with Gasteiger partial charge in [0.1, 0.15) is 23.5 Å². The normalized spacial score (nSPS) is 27.2. The third kappa shape index (κ3) is 4.70. The second-order valence-electron chi connectivity index (χ2n) is 7.50. The summed E-state index contributed by atoms with van der Waals surface area (Å²) in [5, 5.41) is 2.55. The van der Waals surface area contributed by atoms with E-state index in [0.717, 1.165) is 0 Å². The summed E-state index contributed by atoms with van der Waals surface area (Å²) in [5.74, 6) is -0.847. The van der Waals surface area contributed by atoms with Gasteiger partial charge in [0, 0.05) is 18.9 Å². The van der Waals surface area contributed by atoms with Crippen LogP contribution in [0.5, 0.6) is 0 Å². The number of hydrogen-bond donors (Lipinski definition) is 1. The summed E-state index contributed by atoms with van der Waals surface area (Å²) in [6.45, 7) is 5.17. The number of nitrogens with one attached hydrogen (secondary N) is 1. The molecule has 2 fully saturated rings. The van der Waals surface area contributed by atoms with Gasteiger partial charge in [0.15, 0.2) is 0 Å². The van der Waals surface area contributed by atoms with Crippen LogP contribution < -0.4 is 5.32 Å². The van der Waals surface area contributed by atoms with Gasteiger partial charge >= 0.3 is 12.1 Å². The van der Waals surface area contributed by atoms with Crippen LogP contribution in [0.15, 0.2) is 0 Å². The molecule has 25 heavy (non-hydrogen) atoms. The van der Waals surface area contributed by atoms with Gasteiger partial charge in [-0.3, -0.25) is 9.59 Å². The molecule has 0 aliphatic carbocycles. The Bertz CT molecular complexity index is 568. The molecule has 2 rings (SSSR count). The molecule has 2 heterocycles. The van der Waals surface area contributed by atoms with Crippen molar-refractivity contribution in [2.45, 2.75) is 76.6 Å². The zero-order valence-electron chi connectivity index (χ0n) is 15.2. The van der Waals surface area contributed by atoms with Gasteiger partial charge in [0.25, 0.3) is 0 Å². The van der Waals surface area contributed by atoms with Gasteiger partial charge in [-0.05, 0) is 40.0 Å². The first-order valence-corrected chi connectivity index (χ1v) is 8.53. The van der Waals surface area contributed by atoms with Gasteiger partial charge in [0.2, 0.25) is 5.91 Å². The fraction of sp³-hybridized carbons (Fsp3) is 0.765. The second kappa shape index (κ2) is 7.41. The molecule has 8 nitrogen and oxygen atoms in total. The molecule has 3 unspecified atom stereocenters. The van der Waals surface area contributed by atoms with Crippen molar-refractivity contribution in [1.29, 1.82) is 0 Å². The van der Waals surface area contributed by atoms with Crippen molar-refractivity contribution in [3.63, 3.8) is 0 Å². The van der Waals surface area contributed by atoms with Gasteiger partial charge < -0.3 is 19.7 Å². The molecule has 3 atom stereocenters. The number of ketones is 1. The minimum Gasteiger partial charge on any atom is -0.467 e. The zero-order chi connectivity index (χ0) is 18.8. The van der Waals surface area contributed by atoms with E-state index in [1.54, 1.807) is 20.8 Å². The molecule has 2 aliphatic heterocycles. The first-order valence-electron chi connectivity index (χ1n) is 8.53. The smallest absolute Gasteiger partial charge is 0.408 e. The highest BCUT2D eigenvalue weighted by molar-refractivity contribution is 5.92. The van der Waals surface area contributed by atoms with E-state index in [1.807, 2.05) is 0 Å². The lowest BCUT2D eigenvalue weighted by Gasteiger charge is -2.34. The SMILES string of the molecule is COC(=O)C1CCC2CC(=O)CCC(NC(=O)OC(C)(C)C)C(=O)N21. The van der Waals surface area contributed by atoms with Crippen molar-refractivity contribution in [3.8, 4) is 0 Å². The van der Waals surface area contributed by atoms with E-state index in [4.69, 9.17) is 9.47 Å². The molecule has 2 amide bonds. The number of amides is 2. The van der Waals surface area contributed by atoms with Crippen molar-refractivity contribution in [2.75, 3.05) is 7.11 Å². The van der Waals surface area contributed by atoms with Crippen LogP contribution in [0.25, 0.3) is 0 Å². The summed E-state index contributed by atoms with van der Waals surface area (Å²) in [6, 6.07) is -1.93. The molecule has 0 aromatic carbocycles. The van der Waals surface area contributed by atoms with Crippen LogP contribution in [0.4, 0.5) is 4.79 Å². The molecular formula is C17H26N2O6. The number of fused-ring (bicyclic) bond motifs is 1. The molecule has 140 valence electrons. The van der Waals surface area contributed by atoms with Crippen LogP contribution in [-0.4, -0.2) is 59.5 Å². The summed E-state index contributed by atoms with van der Waals surface area (Å²) in [7, 11) is 1.27. The number of Topliss-reactive ketones (excluding diaryl/α,β-unsaturated/α-hetero) is 1. The largest absolute Gasteiger partial charge is 0.467 e. The van der Waals surface area contributed by atoms with Crippen molar-refractivity contribution >= 4 is 23.8 Å². The van der Waals surface area contributed by atoms with Crippen LogP contribution in [0.2, 0.25) is 0 Å². The van der Waals surface area contributed by atoms with Crippen molar-refractivity contribution in [2.24, 2.45) is 0 Å². The number of methoxy groups -OCH3 is 1. The Morgan fingerprint density at radius 1 is 1.16 bits per heavy atom. The molecule has 0 aromatic rings. The van der Waals surface area contributed by atoms with E-state index in [9.17, 15) is 19.2 Å². The quantitative estimate of drug-likeness (QED) is 0.747. The molecule has 1 N–H and O–H groups in total. The number of rotatable bonds is 2. The van der Waals surface area contributed by atoms with Crippen LogP contribution in [0, 0.1) is 0 Å². The predicted octanol–water partition coefficient (Wildman–Crippen LogP) is 1.17. The number of carbonyl (C=O) groups excluding carboxylic acids is 4. The fourth-order valence-corrected chi connectivity index (χ4v) is 3.34. The van der Waals surface area contributed by atoms with E-state index in [1.165, 1.54) is 12.0 Å². The third-order valence-corrected chi connectivity index (χ3v) is 4.39. The van der Waals surface area contributed by atoms with Gasteiger partial charge in [-0.25, -0.2) is 9.59 Å². The number of carbonyl (C=O) groups is 4. The summed E-state index contributed by atoms with van der Waals surface area (Å²) < 4.78 is 9.98. The Kier molecular flexibility index (Phi) is 5.69. The Morgan fingerprint density at radius 3 is 2.44 bits per heavy atom. The number of ether oxygens (including phenoxy) is 2. The Labute approximate surface area is 147 Å². The summed E-state index contributed by atoms with van der Waals surface area (Å²) in [4.78, 5) is 50.5. The lowest BCUT2D eigenvalue weighted by atomic mass is 9.98. The highest BCUT2D eigenvalue weighted by atomic mass is 16.6. The molecule has 0 aromatic heterocycles. The summed E-state index contributed by atoms with van der Waals surface area (Å²) in [5.41, 5.74) is -0.699. The monoisotopic (exact) mass is 354 g/mol. The van der Waals surface area contributed by atoms with Gasteiger partial charge in [-0.1, -0.05) is 0 Å². The Morgan fingerprint density at radius 2 is 1.84 bits per heavy atom. The van der Waals surface area contributed by atoms with Crippen LogP contribution in [0.1, 0.15) is 52.9 Å². The highest BCUT2D eigenvalue weighted by Crippen LogP contribution is 2.31. The summed E-state index contributed by atoms with van der Waals surface area (Å²) >= 11 is 0. The van der Waals surface area contributed by atoms with Crippen LogP contribution in [0.3, 0.4) is 0 Å². The topological polar surface area (TPSA) is 102 Å². The van der Waals surface area contributed by atoms with E-state index >= 15 is 0 Å². The molecule has 0 spiro atoms. The lowest BCUT2D eigenvalue weighted by Crippen LogP contribution is -2.56. The van der Waals surface area contributed by atoms with E-state index in [2.05, 4.69) is 5.32 Å². The average Bonchev–Trinajstić information content (AvgIpc) is 2.90. The van der Waals surface area contributed by atoms with Gasteiger partial charge in [-0.2, -0.15) is 0 Å². The third-order valence-electron chi connectivity index (χ3n) is 4.39. The molecule has 0 bridgehead atoms. The van der Waals surface area contributed by atoms with Crippen molar-refractivity contribution < 1.29 is 28.7 Å².